The highest BCUT2D eigenvalue weighted by molar-refractivity contribution is 7.09. The van der Waals surface area contributed by atoms with E-state index < -0.39 is 11.4 Å². The summed E-state index contributed by atoms with van der Waals surface area (Å²) in [6.07, 6.45) is 3.47. The molecule has 0 bridgehead atoms. The molecule has 3 heterocycles. The number of morpholine rings is 1. The first-order chi connectivity index (χ1) is 17.8. The summed E-state index contributed by atoms with van der Waals surface area (Å²) in [6, 6.07) is 11.9. The highest BCUT2D eigenvalue weighted by Crippen LogP contribution is 2.40. The Morgan fingerprint density at radius 1 is 1.14 bits per heavy atom. The molecular weight excluding hydrogens is 488 g/mol. The fourth-order valence-corrected chi connectivity index (χ4v) is 6.08. The predicted octanol–water partition coefficient (Wildman–Crippen LogP) is 3.10. The standard InChI is InChI=1S/C28H32N4O4S/c1-32(10-12-36-13-11-32)9-8-23-7-6-22(17-29-23)24-19-37-25(31-24)18-30-27(35)28(16-26(33)34)14-20-4-2-3-5-21(20)15-28/h2-7,17,19H,8-16,18H2,1H3,(H-,30,33,34,35)/p+1. The van der Waals surface area contributed by atoms with Gasteiger partial charge in [0.1, 0.15) is 18.1 Å². The average Bonchev–Trinajstić information content (AvgIpc) is 3.51. The van der Waals surface area contributed by atoms with Crippen molar-refractivity contribution in [1.82, 2.24) is 15.3 Å². The first-order valence-corrected chi connectivity index (χ1v) is 13.6. The Morgan fingerprint density at radius 3 is 2.51 bits per heavy atom. The lowest BCUT2D eigenvalue weighted by atomic mass is 9.80. The molecule has 1 fully saturated rings. The van der Waals surface area contributed by atoms with Gasteiger partial charge in [0.15, 0.2) is 0 Å². The fourth-order valence-electron chi connectivity index (χ4n) is 5.33. The van der Waals surface area contributed by atoms with E-state index in [4.69, 9.17) is 9.72 Å². The first kappa shape index (κ1) is 25.5. The minimum absolute atomic E-state index is 0.194. The number of nitrogens with zero attached hydrogens (tertiary/aromatic N) is 3. The van der Waals surface area contributed by atoms with Gasteiger partial charge in [0, 0.05) is 29.3 Å². The van der Waals surface area contributed by atoms with E-state index in [1.807, 2.05) is 35.8 Å². The van der Waals surface area contributed by atoms with E-state index in [2.05, 4.69) is 29.5 Å². The normalized spacial score (nSPS) is 17.8. The van der Waals surface area contributed by atoms with E-state index in [0.29, 0.717) is 12.8 Å². The molecule has 1 amide bonds. The van der Waals surface area contributed by atoms with Gasteiger partial charge in [-0.1, -0.05) is 24.3 Å². The Hall–Kier alpha value is -3.14. The highest BCUT2D eigenvalue weighted by Gasteiger charge is 2.45. The number of hydrogen-bond donors (Lipinski definition) is 2. The predicted molar refractivity (Wildman–Crippen MR) is 141 cm³/mol. The fraction of sp³-hybridized carbons (Fsp3) is 0.429. The highest BCUT2D eigenvalue weighted by atomic mass is 32.1. The topological polar surface area (TPSA) is 101 Å². The van der Waals surface area contributed by atoms with E-state index in [-0.39, 0.29) is 18.9 Å². The maximum absolute atomic E-state index is 13.2. The number of rotatable bonds is 9. The summed E-state index contributed by atoms with van der Waals surface area (Å²) in [5.74, 6) is -1.19. The van der Waals surface area contributed by atoms with Gasteiger partial charge in [0.25, 0.3) is 0 Å². The van der Waals surface area contributed by atoms with Crippen LogP contribution in [0.4, 0.5) is 0 Å². The molecule has 0 saturated carbocycles. The molecule has 9 heteroatoms. The molecular formula is C28H33N4O4S+. The van der Waals surface area contributed by atoms with E-state index in [0.717, 1.165) is 76.8 Å². The van der Waals surface area contributed by atoms with E-state index in [1.54, 1.807) is 0 Å². The molecule has 3 aromatic rings. The van der Waals surface area contributed by atoms with Gasteiger partial charge in [0.2, 0.25) is 5.91 Å². The Kier molecular flexibility index (Phi) is 7.37. The van der Waals surface area contributed by atoms with Crippen molar-refractivity contribution in [2.75, 3.05) is 39.9 Å². The van der Waals surface area contributed by atoms with Gasteiger partial charge < -0.3 is 19.6 Å². The van der Waals surface area contributed by atoms with Gasteiger partial charge in [-0.15, -0.1) is 11.3 Å². The third-order valence-corrected chi connectivity index (χ3v) is 8.53. The zero-order valence-electron chi connectivity index (χ0n) is 21.1. The molecule has 0 spiro atoms. The molecule has 0 atom stereocenters. The van der Waals surface area contributed by atoms with Crippen LogP contribution in [0.2, 0.25) is 0 Å². The average molecular weight is 522 g/mol. The first-order valence-electron chi connectivity index (χ1n) is 12.7. The van der Waals surface area contributed by atoms with Gasteiger partial charge in [-0.3, -0.25) is 14.6 Å². The van der Waals surface area contributed by atoms with Crippen molar-refractivity contribution in [2.24, 2.45) is 5.41 Å². The van der Waals surface area contributed by atoms with Crippen LogP contribution in [0.3, 0.4) is 0 Å². The molecule has 2 aromatic heterocycles. The minimum atomic E-state index is -0.963. The number of carboxylic acids is 1. The number of aliphatic carboxylic acids is 1. The molecule has 1 aliphatic carbocycles. The van der Waals surface area contributed by atoms with E-state index in [9.17, 15) is 14.7 Å². The smallest absolute Gasteiger partial charge is 0.304 e. The number of amides is 1. The largest absolute Gasteiger partial charge is 0.481 e. The van der Waals surface area contributed by atoms with Crippen molar-refractivity contribution < 1.29 is 23.9 Å². The number of hydrogen-bond acceptors (Lipinski definition) is 6. The third kappa shape index (κ3) is 5.89. The van der Waals surface area contributed by atoms with Crippen LogP contribution in [0.25, 0.3) is 11.3 Å². The Balaban J connectivity index is 1.18. The SMILES string of the molecule is C[N+]1(CCc2ccc(-c3csc(CNC(=O)C4(CC(=O)O)Cc5ccccc5C4)n3)cn2)CCOCC1. The van der Waals surface area contributed by atoms with Crippen LogP contribution in [0.1, 0.15) is 28.2 Å². The zero-order chi connectivity index (χ0) is 25.9. The molecule has 2 N–H and O–H groups in total. The Bertz CT molecular complexity index is 1240. The van der Waals surface area contributed by atoms with Crippen LogP contribution in [-0.4, -0.2) is 71.3 Å². The maximum atomic E-state index is 13.2. The molecule has 2 aliphatic rings. The lowest BCUT2D eigenvalue weighted by molar-refractivity contribution is -0.916. The lowest BCUT2D eigenvalue weighted by Crippen LogP contribution is -2.52. The zero-order valence-corrected chi connectivity index (χ0v) is 21.9. The number of fused-ring (bicyclic) bond motifs is 1. The van der Waals surface area contributed by atoms with Gasteiger partial charge in [-0.05, 0) is 36.1 Å². The minimum Gasteiger partial charge on any atom is -0.481 e. The monoisotopic (exact) mass is 521 g/mol. The Morgan fingerprint density at radius 2 is 1.86 bits per heavy atom. The number of carbonyl (C=O) groups excluding carboxylic acids is 1. The van der Waals surface area contributed by atoms with E-state index in [1.165, 1.54) is 11.3 Å². The summed E-state index contributed by atoms with van der Waals surface area (Å²) in [6.45, 7) is 5.05. The molecule has 37 heavy (non-hydrogen) atoms. The molecule has 1 aliphatic heterocycles. The number of ether oxygens (including phenoxy) is 1. The van der Waals surface area contributed by atoms with Crippen LogP contribution in [0, 0.1) is 5.41 Å². The number of nitrogens with one attached hydrogen (secondary N) is 1. The van der Waals surface area contributed by atoms with Gasteiger partial charge in [-0.2, -0.15) is 0 Å². The van der Waals surface area contributed by atoms with Crippen LogP contribution >= 0.6 is 11.3 Å². The van der Waals surface area contributed by atoms with Crippen LogP contribution in [0.15, 0.2) is 48.0 Å². The van der Waals surface area contributed by atoms with Crippen LogP contribution < -0.4 is 5.32 Å². The van der Waals surface area contributed by atoms with Crippen molar-refractivity contribution >= 4 is 23.2 Å². The lowest BCUT2D eigenvalue weighted by Gasteiger charge is -2.37. The van der Waals surface area contributed by atoms with Gasteiger partial charge in [0.05, 0.1) is 50.9 Å². The second-order valence-corrected chi connectivity index (χ2v) is 11.4. The Labute approximate surface area is 220 Å². The third-order valence-electron chi connectivity index (χ3n) is 7.68. The number of aromatic nitrogens is 2. The molecule has 5 rings (SSSR count). The van der Waals surface area contributed by atoms with E-state index >= 15 is 0 Å². The van der Waals surface area contributed by atoms with Crippen molar-refractivity contribution in [1.29, 1.82) is 0 Å². The van der Waals surface area contributed by atoms with Crippen molar-refractivity contribution in [3.63, 3.8) is 0 Å². The van der Waals surface area contributed by atoms with Gasteiger partial charge >= 0.3 is 5.97 Å². The molecule has 194 valence electrons. The molecule has 8 nitrogen and oxygen atoms in total. The van der Waals surface area contributed by atoms with Crippen molar-refractivity contribution in [3.8, 4) is 11.3 Å². The summed E-state index contributed by atoms with van der Waals surface area (Å²) >= 11 is 1.48. The summed E-state index contributed by atoms with van der Waals surface area (Å²) < 4.78 is 6.51. The molecule has 0 unspecified atom stereocenters. The molecule has 1 aromatic carbocycles. The van der Waals surface area contributed by atoms with Gasteiger partial charge in [-0.25, -0.2) is 4.98 Å². The van der Waals surface area contributed by atoms with Crippen molar-refractivity contribution in [2.45, 2.75) is 32.2 Å². The molecule has 0 radical (unpaired) electrons. The summed E-state index contributed by atoms with van der Waals surface area (Å²) in [5, 5.41) is 15.2. The number of thiazole rings is 1. The van der Waals surface area contributed by atoms with Crippen molar-refractivity contribution in [3.05, 3.63) is 69.8 Å². The number of pyridine rings is 1. The van der Waals surface area contributed by atoms with Crippen LogP contribution in [0.5, 0.6) is 0 Å². The second kappa shape index (κ2) is 10.7. The number of carboxylic acid groups (broad SMARTS) is 1. The summed E-state index contributed by atoms with van der Waals surface area (Å²) in [5.41, 5.74) is 3.97. The number of likely N-dealkylation sites (N-methyl/N-ethyl adjacent to an activating group) is 1. The van der Waals surface area contributed by atoms with Crippen LogP contribution in [-0.2, 0) is 40.1 Å². The second-order valence-electron chi connectivity index (χ2n) is 10.5. The maximum Gasteiger partial charge on any atom is 0.304 e. The summed E-state index contributed by atoms with van der Waals surface area (Å²) in [4.78, 5) is 34.2. The molecule has 1 saturated heterocycles. The number of benzene rings is 1. The quantitative estimate of drug-likeness (QED) is 0.420. The summed E-state index contributed by atoms with van der Waals surface area (Å²) in [7, 11) is 2.28. The number of carbonyl (C=O) groups is 2. The number of quaternary nitrogens is 1.